The summed E-state index contributed by atoms with van der Waals surface area (Å²) in [7, 11) is 1.41. The standard InChI is InChI=1S/C28H37N7O4/c1-6-15-30-24-21(18-32-26(34-24)33-22-13-11-20(17-29)12-14-22)10-8-7-9-16-31-25(37)23(19-36)35(5)27(38)39-28(2,3)4/h11-14,18,23,36H,6-7,9,15-16,19H2,1-5H3,(H,31,37)(H2,30,32,33,34)/t23-/m0/s1. The first-order valence-corrected chi connectivity index (χ1v) is 12.8. The van der Waals surface area contributed by atoms with Gasteiger partial charge in [-0.1, -0.05) is 18.8 Å². The quantitative estimate of drug-likeness (QED) is 0.250. The summed E-state index contributed by atoms with van der Waals surface area (Å²) in [6.07, 6.45) is 2.95. The molecule has 0 spiro atoms. The SMILES string of the molecule is CCCNc1nc(Nc2ccc(C#N)cc2)ncc1C#CCCCNC(=O)[C@H](CO)N(C)C(=O)OC(C)(C)C. The Balaban J connectivity index is 1.93. The third-order valence-electron chi connectivity index (χ3n) is 5.23. The summed E-state index contributed by atoms with van der Waals surface area (Å²) >= 11 is 0. The van der Waals surface area contributed by atoms with Crippen molar-refractivity contribution >= 4 is 29.5 Å². The molecule has 1 aromatic carbocycles. The normalized spacial score (nSPS) is 11.3. The number of carbonyl (C=O) groups is 2. The van der Waals surface area contributed by atoms with Crippen molar-refractivity contribution in [3.8, 4) is 17.9 Å². The van der Waals surface area contributed by atoms with Crippen LogP contribution < -0.4 is 16.0 Å². The molecule has 208 valence electrons. The number of ether oxygens (including phenoxy) is 1. The van der Waals surface area contributed by atoms with E-state index in [0.29, 0.717) is 42.3 Å². The number of benzene rings is 1. The van der Waals surface area contributed by atoms with Gasteiger partial charge in [0.05, 0.1) is 30.0 Å². The zero-order chi connectivity index (χ0) is 28.8. The van der Waals surface area contributed by atoms with Gasteiger partial charge in [0.1, 0.15) is 17.5 Å². The first-order valence-electron chi connectivity index (χ1n) is 12.8. The molecule has 4 N–H and O–H groups in total. The fourth-order valence-electron chi connectivity index (χ4n) is 3.18. The molecule has 0 aliphatic carbocycles. The number of unbranched alkanes of at least 4 members (excludes halogenated alkanes) is 1. The average Bonchev–Trinajstić information content (AvgIpc) is 2.90. The highest BCUT2D eigenvalue weighted by Gasteiger charge is 2.29. The van der Waals surface area contributed by atoms with Crippen LogP contribution in [0.25, 0.3) is 0 Å². The minimum Gasteiger partial charge on any atom is -0.444 e. The van der Waals surface area contributed by atoms with Gasteiger partial charge in [-0.2, -0.15) is 10.2 Å². The van der Waals surface area contributed by atoms with E-state index in [1.165, 1.54) is 7.05 Å². The zero-order valence-corrected chi connectivity index (χ0v) is 23.2. The van der Waals surface area contributed by atoms with Gasteiger partial charge in [-0.25, -0.2) is 9.78 Å². The summed E-state index contributed by atoms with van der Waals surface area (Å²) in [6.45, 7) is 7.76. The van der Waals surface area contributed by atoms with Gasteiger partial charge in [0.25, 0.3) is 0 Å². The lowest BCUT2D eigenvalue weighted by molar-refractivity contribution is -0.127. The predicted octanol–water partition coefficient (Wildman–Crippen LogP) is 3.39. The van der Waals surface area contributed by atoms with Crippen LogP contribution in [0.1, 0.15) is 58.1 Å². The van der Waals surface area contributed by atoms with Crippen LogP contribution in [0.5, 0.6) is 0 Å². The van der Waals surface area contributed by atoms with E-state index >= 15 is 0 Å². The molecule has 0 aliphatic heterocycles. The van der Waals surface area contributed by atoms with Crippen molar-refractivity contribution in [1.29, 1.82) is 5.26 Å². The number of amides is 2. The lowest BCUT2D eigenvalue weighted by Crippen LogP contribution is -2.51. The summed E-state index contributed by atoms with van der Waals surface area (Å²) < 4.78 is 5.26. The molecule has 0 saturated carbocycles. The second-order valence-corrected chi connectivity index (χ2v) is 9.68. The van der Waals surface area contributed by atoms with E-state index in [2.05, 4.69) is 50.8 Å². The number of aromatic nitrogens is 2. The Morgan fingerprint density at radius 1 is 1.21 bits per heavy atom. The molecule has 0 aliphatic rings. The number of aliphatic hydroxyl groups is 1. The predicted molar refractivity (Wildman–Crippen MR) is 149 cm³/mol. The number of rotatable bonds is 11. The molecule has 0 unspecified atom stereocenters. The van der Waals surface area contributed by atoms with Crippen molar-refractivity contribution in [2.75, 3.05) is 37.4 Å². The lowest BCUT2D eigenvalue weighted by atomic mass is 10.2. The van der Waals surface area contributed by atoms with Gasteiger partial charge in [-0.15, -0.1) is 0 Å². The Bertz CT molecular complexity index is 1210. The van der Waals surface area contributed by atoms with Crippen LogP contribution >= 0.6 is 0 Å². The second-order valence-electron chi connectivity index (χ2n) is 9.68. The van der Waals surface area contributed by atoms with E-state index in [1.807, 2.05) is 0 Å². The average molecular weight is 536 g/mol. The highest BCUT2D eigenvalue weighted by atomic mass is 16.6. The fourth-order valence-corrected chi connectivity index (χ4v) is 3.18. The topological polar surface area (TPSA) is 152 Å². The molecule has 0 saturated heterocycles. The Hall–Kier alpha value is -4.35. The van der Waals surface area contributed by atoms with Crippen LogP contribution in [0.2, 0.25) is 0 Å². The molecule has 0 radical (unpaired) electrons. The van der Waals surface area contributed by atoms with Crippen molar-refractivity contribution < 1.29 is 19.4 Å². The molecular formula is C28H37N7O4. The summed E-state index contributed by atoms with van der Waals surface area (Å²) in [5.74, 6) is 6.71. The lowest BCUT2D eigenvalue weighted by Gasteiger charge is -2.29. The number of hydrogen-bond donors (Lipinski definition) is 4. The molecule has 11 heteroatoms. The summed E-state index contributed by atoms with van der Waals surface area (Å²) in [6, 6.07) is 8.03. The van der Waals surface area contributed by atoms with Gasteiger partial charge in [0.2, 0.25) is 11.9 Å². The smallest absolute Gasteiger partial charge is 0.410 e. The summed E-state index contributed by atoms with van der Waals surface area (Å²) in [4.78, 5) is 34.7. The van der Waals surface area contributed by atoms with Gasteiger partial charge in [-0.3, -0.25) is 9.69 Å². The number of nitrogens with one attached hydrogen (secondary N) is 3. The molecular weight excluding hydrogens is 498 g/mol. The van der Waals surface area contributed by atoms with Gasteiger partial charge < -0.3 is 25.8 Å². The minimum atomic E-state index is -1.05. The first kappa shape index (κ1) is 30.9. The number of likely N-dealkylation sites (N-methyl/N-ethyl adjacent to an activating group) is 1. The Labute approximate surface area is 230 Å². The number of nitriles is 1. The van der Waals surface area contributed by atoms with E-state index in [9.17, 15) is 14.7 Å². The highest BCUT2D eigenvalue weighted by Crippen LogP contribution is 2.18. The van der Waals surface area contributed by atoms with E-state index in [-0.39, 0.29) is 0 Å². The maximum atomic E-state index is 12.5. The zero-order valence-electron chi connectivity index (χ0n) is 23.2. The van der Waals surface area contributed by atoms with Gasteiger partial charge in [0.15, 0.2) is 0 Å². The number of carbonyl (C=O) groups excluding carboxylic acids is 2. The van der Waals surface area contributed by atoms with E-state index in [0.717, 1.165) is 23.6 Å². The first-order chi connectivity index (χ1) is 18.6. The molecule has 1 aromatic heterocycles. The van der Waals surface area contributed by atoms with Crippen LogP contribution in [-0.4, -0.2) is 70.4 Å². The largest absolute Gasteiger partial charge is 0.444 e. The Morgan fingerprint density at radius 2 is 1.92 bits per heavy atom. The van der Waals surface area contributed by atoms with Crippen LogP contribution in [-0.2, 0) is 9.53 Å². The van der Waals surface area contributed by atoms with Crippen molar-refractivity contribution in [3.63, 3.8) is 0 Å². The third-order valence-corrected chi connectivity index (χ3v) is 5.23. The Kier molecular flexibility index (Phi) is 12.0. The number of hydrogen-bond acceptors (Lipinski definition) is 9. The molecule has 0 fully saturated rings. The van der Waals surface area contributed by atoms with Crippen molar-refractivity contribution in [2.24, 2.45) is 0 Å². The minimum absolute atomic E-state index is 0.330. The molecule has 2 rings (SSSR count). The molecule has 1 atom stereocenters. The van der Waals surface area contributed by atoms with Gasteiger partial charge in [0, 0.05) is 32.2 Å². The van der Waals surface area contributed by atoms with Crippen LogP contribution in [0.4, 0.5) is 22.2 Å². The van der Waals surface area contributed by atoms with Gasteiger partial charge >= 0.3 is 6.09 Å². The van der Waals surface area contributed by atoms with Crippen molar-refractivity contribution in [2.45, 2.75) is 58.6 Å². The van der Waals surface area contributed by atoms with Crippen molar-refractivity contribution in [1.82, 2.24) is 20.2 Å². The van der Waals surface area contributed by atoms with E-state index < -0.39 is 30.3 Å². The van der Waals surface area contributed by atoms with Gasteiger partial charge in [-0.05, 0) is 57.9 Å². The molecule has 0 bridgehead atoms. The maximum absolute atomic E-state index is 12.5. The molecule has 39 heavy (non-hydrogen) atoms. The van der Waals surface area contributed by atoms with Crippen LogP contribution in [0, 0.1) is 23.2 Å². The van der Waals surface area contributed by atoms with E-state index in [1.54, 1.807) is 51.2 Å². The summed E-state index contributed by atoms with van der Waals surface area (Å²) in [5.41, 5.74) is 1.27. The maximum Gasteiger partial charge on any atom is 0.410 e. The van der Waals surface area contributed by atoms with Crippen molar-refractivity contribution in [3.05, 3.63) is 41.6 Å². The second kappa shape index (κ2) is 15.2. The Morgan fingerprint density at radius 3 is 2.54 bits per heavy atom. The fraction of sp³-hybridized carbons (Fsp3) is 0.464. The highest BCUT2D eigenvalue weighted by molar-refractivity contribution is 5.85. The third kappa shape index (κ3) is 10.5. The van der Waals surface area contributed by atoms with Crippen LogP contribution in [0.3, 0.4) is 0 Å². The van der Waals surface area contributed by atoms with Crippen LogP contribution in [0.15, 0.2) is 30.5 Å². The summed E-state index contributed by atoms with van der Waals surface area (Å²) in [5, 5.41) is 27.7. The number of anilines is 3. The molecule has 2 aromatic rings. The van der Waals surface area contributed by atoms with E-state index in [4.69, 9.17) is 10.00 Å². The molecule has 1 heterocycles. The molecule has 2 amide bonds. The number of nitrogens with zero attached hydrogens (tertiary/aromatic N) is 4. The number of aliphatic hydroxyl groups excluding tert-OH is 1. The monoisotopic (exact) mass is 535 g/mol. The molecule has 11 nitrogen and oxygen atoms in total.